The summed E-state index contributed by atoms with van der Waals surface area (Å²) in [5.41, 5.74) is -0.413. The summed E-state index contributed by atoms with van der Waals surface area (Å²) in [5.74, 6) is 0.597. The summed E-state index contributed by atoms with van der Waals surface area (Å²) in [4.78, 5) is 18.4. The van der Waals surface area contributed by atoms with Crippen molar-refractivity contribution >= 4 is 16.9 Å². The number of carboxylic acids is 1. The lowest BCUT2D eigenvalue weighted by molar-refractivity contribution is -0.152. The highest BCUT2D eigenvalue weighted by Gasteiger charge is 2.41. The van der Waals surface area contributed by atoms with E-state index in [1.165, 1.54) is 13.3 Å². The Morgan fingerprint density at radius 2 is 1.87 bits per heavy atom. The quantitative estimate of drug-likeness (QED) is 0.209. The van der Waals surface area contributed by atoms with E-state index in [9.17, 15) is 27.5 Å². The summed E-state index contributed by atoms with van der Waals surface area (Å²) in [7, 11) is 1.47. The van der Waals surface area contributed by atoms with Gasteiger partial charge in [-0.25, -0.2) is 22.0 Å². The predicted molar refractivity (Wildman–Crippen MR) is 135 cm³/mol. The number of halogens is 5. The standard InChI is InChI=1S/C29H27F5N2O3/c1-39-20-4-5-25-21(15-20)26(19(16-30)17-35-25)22(31)6-7-29(28(37)38)8-11-36(12-9-29)10-2-3-18-13-23(32)27(34)24(33)14-18/h4-5,13-15,17,22H,6-12,16H2,1H3,(H,37,38). The van der Waals surface area contributed by atoms with Crippen LogP contribution in [0.1, 0.15) is 48.5 Å². The first-order valence-electron chi connectivity index (χ1n) is 12.4. The van der Waals surface area contributed by atoms with Gasteiger partial charge < -0.3 is 9.84 Å². The second-order valence-corrected chi connectivity index (χ2v) is 9.64. The number of methoxy groups -OCH3 is 1. The van der Waals surface area contributed by atoms with Crippen molar-refractivity contribution < 1.29 is 36.6 Å². The molecule has 2 heterocycles. The molecule has 0 amide bonds. The van der Waals surface area contributed by atoms with Gasteiger partial charge in [-0.05, 0) is 56.0 Å². The van der Waals surface area contributed by atoms with Crippen LogP contribution in [0.2, 0.25) is 0 Å². The smallest absolute Gasteiger partial charge is 0.309 e. The molecule has 0 radical (unpaired) electrons. The van der Waals surface area contributed by atoms with Crippen LogP contribution in [0.5, 0.6) is 5.75 Å². The van der Waals surface area contributed by atoms with Crippen molar-refractivity contribution in [1.82, 2.24) is 9.88 Å². The number of ether oxygens (including phenoxy) is 1. The number of alkyl halides is 2. The Balaban J connectivity index is 1.43. The van der Waals surface area contributed by atoms with Crippen molar-refractivity contribution in [3.8, 4) is 17.6 Å². The first-order valence-corrected chi connectivity index (χ1v) is 12.4. The van der Waals surface area contributed by atoms with E-state index < -0.39 is 41.7 Å². The maximum Gasteiger partial charge on any atom is 0.309 e. The molecule has 1 saturated heterocycles. The molecule has 0 bridgehead atoms. The predicted octanol–water partition coefficient (Wildman–Crippen LogP) is 6.14. The zero-order valence-electron chi connectivity index (χ0n) is 21.2. The summed E-state index contributed by atoms with van der Waals surface area (Å²) in [6.07, 6.45) is 0.130. The molecule has 3 aromatic rings. The number of rotatable bonds is 8. The fourth-order valence-corrected chi connectivity index (χ4v) is 4.98. The molecule has 4 rings (SSSR count). The molecular formula is C29H27F5N2O3. The van der Waals surface area contributed by atoms with Gasteiger partial charge in [-0.2, -0.15) is 0 Å². The van der Waals surface area contributed by atoms with Crippen LogP contribution in [-0.4, -0.2) is 47.7 Å². The largest absolute Gasteiger partial charge is 0.497 e. The van der Waals surface area contributed by atoms with Crippen molar-refractivity contribution in [3.05, 3.63) is 70.7 Å². The highest BCUT2D eigenvalue weighted by atomic mass is 19.2. The molecule has 1 aliphatic heterocycles. The highest BCUT2D eigenvalue weighted by Crippen LogP contribution is 2.41. The molecule has 0 aliphatic carbocycles. The number of piperidine rings is 1. The molecule has 10 heteroatoms. The van der Waals surface area contributed by atoms with Gasteiger partial charge in [0.1, 0.15) is 18.6 Å². The topological polar surface area (TPSA) is 62.7 Å². The fourth-order valence-electron chi connectivity index (χ4n) is 4.98. The molecule has 1 N–H and O–H groups in total. The minimum Gasteiger partial charge on any atom is -0.497 e. The van der Waals surface area contributed by atoms with Gasteiger partial charge in [-0.1, -0.05) is 11.8 Å². The highest BCUT2D eigenvalue weighted by molar-refractivity contribution is 5.85. The van der Waals surface area contributed by atoms with Crippen LogP contribution in [0.4, 0.5) is 22.0 Å². The van der Waals surface area contributed by atoms with Crippen molar-refractivity contribution in [3.63, 3.8) is 0 Å². The maximum atomic E-state index is 15.7. The number of hydrogen-bond donors (Lipinski definition) is 1. The second-order valence-electron chi connectivity index (χ2n) is 9.64. The number of aromatic nitrogens is 1. The number of hydrogen-bond acceptors (Lipinski definition) is 4. The first-order chi connectivity index (χ1) is 18.7. The molecule has 5 nitrogen and oxygen atoms in total. The van der Waals surface area contributed by atoms with Gasteiger partial charge in [0.05, 0.1) is 24.6 Å². The third-order valence-electron chi connectivity index (χ3n) is 7.32. The van der Waals surface area contributed by atoms with E-state index in [2.05, 4.69) is 16.8 Å². The van der Waals surface area contributed by atoms with Gasteiger partial charge in [-0.15, -0.1) is 0 Å². The Bertz CT molecular complexity index is 1400. The average Bonchev–Trinajstić information content (AvgIpc) is 2.94. The van der Waals surface area contributed by atoms with E-state index in [0.29, 0.717) is 29.7 Å². The molecule has 1 aliphatic rings. The molecule has 1 fully saturated rings. The lowest BCUT2D eigenvalue weighted by Crippen LogP contribution is -2.44. The number of nitrogens with zero attached hydrogens (tertiary/aromatic N) is 2. The Morgan fingerprint density at radius 3 is 2.49 bits per heavy atom. The third kappa shape index (κ3) is 6.14. The maximum absolute atomic E-state index is 15.7. The number of carboxylic acid groups (broad SMARTS) is 1. The van der Waals surface area contributed by atoms with Crippen molar-refractivity contribution in [2.75, 3.05) is 26.7 Å². The molecule has 0 spiro atoms. The van der Waals surface area contributed by atoms with Gasteiger partial charge in [0.2, 0.25) is 0 Å². The van der Waals surface area contributed by atoms with E-state index in [-0.39, 0.29) is 48.9 Å². The molecular weight excluding hydrogens is 519 g/mol. The lowest BCUT2D eigenvalue weighted by Gasteiger charge is -2.38. The zero-order chi connectivity index (χ0) is 28.2. The van der Waals surface area contributed by atoms with Crippen LogP contribution in [-0.2, 0) is 11.5 Å². The summed E-state index contributed by atoms with van der Waals surface area (Å²) in [6.45, 7) is 0.0459. The molecule has 2 aromatic carbocycles. The summed E-state index contributed by atoms with van der Waals surface area (Å²) in [6, 6.07) is 6.55. The number of fused-ring (bicyclic) bond motifs is 1. The first kappa shape index (κ1) is 28.3. The van der Waals surface area contributed by atoms with Crippen molar-refractivity contribution in [2.45, 2.75) is 38.5 Å². The normalized spacial score (nSPS) is 15.9. The Labute approximate surface area is 222 Å². The molecule has 1 aromatic heterocycles. The third-order valence-corrected chi connectivity index (χ3v) is 7.32. The van der Waals surface area contributed by atoms with Gasteiger partial charge in [0.15, 0.2) is 17.5 Å². The van der Waals surface area contributed by atoms with Crippen LogP contribution < -0.4 is 4.74 Å². The Kier molecular flexibility index (Phi) is 8.70. The SMILES string of the molecule is COc1ccc2ncc(CF)c(C(F)CCC3(C(=O)O)CCN(CC#Cc4cc(F)c(F)c(F)c4)CC3)c2c1. The van der Waals surface area contributed by atoms with Crippen LogP contribution in [0.25, 0.3) is 10.9 Å². The van der Waals surface area contributed by atoms with Crippen molar-refractivity contribution in [2.24, 2.45) is 5.41 Å². The van der Waals surface area contributed by atoms with E-state index >= 15 is 4.39 Å². The lowest BCUT2D eigenvalue weighted by atomic mass is 9.74. The van der Waals surface area contributed by atoms with E-state index in [4.69, 9.17) is 4.74 Å². The number of carbonyl (C=O) groups is 1. The molecule has 1 atom stereocenters. The minimum absolute atomic E-state index is 0.00816. The number of aliphatic carboxylic acids is 1. The van der Waals surface area contributed by atoms with E-state index in [1.807, 2.05) is 4.90 Å². The number of benzene rings is 2. The molecule has 39 heavy (non-hydrogen) atoms. The minimum atomic E-state index is -1.61. The molecule has 206 valence electrons. The van der Waals surface area contributed by atoms with Gasteiger partial charge in [0.25, 0.3) is 0 Å². The summed E-state index contributed by atoms with van der Waals surface area (Å²) in [5, 5.41) is 10.5. The second kappa shape index (κ2) is 12.0. The number of likely N-dealkylation sites (tertiary alicyclic amines) is 1. The average molecular weight is 547 g/mol. The summed E-state index contributed by atoms with van der Waals surface area (Å²) < 4.78 is 74.5. The van der Waals surface area contributed by atoms with E-state index in [0.717, 1.165) is 12.1 Å². The Hall–Kier alpha value is -3.71. The Morgan fingerprint density at radius 1 is 1.18 bits per heavy atom. The zero-order valence-corrected chi connectivity index (χ0v) is 21.2. The monoisotopic (exact) mass is 546 g/mol. The van der Waals surface area contributed by atoms with Crippen LogP contribution >= 0.6 is 0 Å². The molecule has 1 unspecified atom stereocenters. The fraction of sp³-hybridized carbons (Fsp3) is 0.379. The number of pyridine rings is 1. The van der Waals surface area contributed by atoms with Gasteiger partial charge >= 0.3 is 5.97 Å². The van der Waals surface area contributed by atoms with Gasteiger partial charge in [-0.3, -0.25) is 14.7 Å². The van der Waals surface area contributed by atoms with Crippen molar-refractivity contribution in [1.29, 1.82) is 0 Å². The van der Waals surface area contributed by atoms with Gasteiger partial charge in [0, 0.05) is 41.4 Å². The van der Waals surface area contributed by atoms with Crippen LogP contribution in [0, 0.1) is 34.7 Å². The molecule has 0 saturated carbocycles. The van der Waals surface area contributed by atoms with Crippen LogP contribution in [0.15, 0.2) is 36.5 Å². The van der Waals surface area contributed by atoms with Crippen LogP contribution in [0.3, 0.4) is 0 Å². The van der Waals surface area contributed by atoms with E-state index in [1.54, 1.807) is 18.2 Å². The summed E-state index contributed by atoms with van der Waals surface area (Å²) >= 11 is 0.